The van der Waals surface area contributed by atoms with Crippen molar-refractivity contribution in [2.45, 2.75) is 25.4 Å². The number of hydrogen-bond acceptors (Lipinski definition) is 5. The lowest BCUT2D eigenvalue weighted by atomic mass is 9.92. The van der Waals surface area contributed by atoms with E-state index in [1.165, 1.54) is 0 Å². The molecule has 3 rings (SSSR count). The number of aromatic nitrogens is 2. The van der Waals surface area contributed by atoms with E-state index < -0.39 is 5.60 Å². The van der Waals surface area contributed by atoms with Crippen molar-refractivity contribution in [1.82, 2.24) is 14.9 Å². The molecule has 1 fully saturated rings. The number of anilines is 1. The number of β-amino-alcohol motifs (C(OH)–C–C–N with tert-alkyl or cyclic N) is 1. The summed E-state index contributed by atoms with van der Waals surface area (Å²) in [6.07, 6.45) is 4.86. The fourth-order valence-corrected chi connectivity index (χ4v) is 3.31. The van der Waals surface area contributed by atoms with Crippen LogP contribution in [0.5, 0.6) is 0 Å². The van der Waals surface area contributed by atoms with E-state index in [-0.39, 0.29) is 12.5 Å². The molecular formula is C19H24N4O2. The van der Waals surface area contributed by atoms with Crippen LogP contribution in [0.25, 0.3) is 0 Å². The number of amides is 1. The molecule has 1 aliphatic rings. The summed E-state index contributed by atoms with van der Waals surface area (Å²) in [6.45, 7) is 3.49. The number of piperidine rings is 1. The van der Waals surface area contributed by atoms with Gasteiger partial charge in [0.15, 0.2) is 0 Å². The van der Waals surface area contributed by atoms with E-state index in [2.05, 4.69) is 14.9 Å². The zero-order valence-corrected chi connectivity index (χ0v) is 14.7. The summed E-state index contributed by atoms with van der Waals surface area (Å²) in [5.41, 5.74) is 0.461. The van der Waals surface area contributed by atoms with Gasteiger partial charge in [0.1, 0.15) is 5.82 Å². The van der Waals surface area contributed by atoms with E-state index >= 15 is 0 Å². The van der Waals surface area contributed by atoms with Crippen molar-refractivity contribution in [3.8, 4) is 0 Å². The van der Waals surface area contributed by atoms with Crippen LogP contribution < -0.4 is 4.90 Å². The molecule has 1 amide bonds. The summed E-state index contributed by atoms with van der Waals surface area (Å²) in [7, 11) is 1.72. The second-order valence-corrected chi connectivity index (χ2v) is 6.79. The highest BCUT2D eigenvalue weighted by atomic mass is 16.3. The van der Waals surface area contributed by atoms with Crippen LogP contribution in [0.15, 0.2) is 42.7 Å². The Hall–Kier alpha value is -2.47. The molecule has 0 radical (unpaired) electrons. The van der Waals surface area contributed by atoms with Gasteiger partial charge in [0.2, 0.25) is 0 Å². The number of carbonyl (C=O) groups is 1. The highest BCUT2D eigenvalue weighted by Gasteiger charge is 2.36. The molecule has 1 saturated heterocycles. The molecule has 1 unspecified atom stereocenters. The van der Waals surface area contributed by atoms with E-state index in [0.717, 1.165) is 24.5 Å². The van der Waals surface area contributed by atoms with E-state index in [0.29, 0.717) is 18.5 Å². The molecule has 132 valence electrons. The first kappa shape index (κ1) is 17.4. The summed E-state index contributed by atoms with van der Waals surface area (Å²) in [5.74, 6) is 0.730. The minimum atomic E-state index is -0.946. The van der Waals surface area contributed by atoms with Crippen molar-refractivity contribution in [1.29, 1.82) is 0 Å². The lowest BCUT2D eigenvalue weighted by Gasteiger charge is -2.41. The molecule has 2 aromatic rings. The van der Waals surface area contributed by atoms with Crippen molar-refractivity contribution in [2.24, 2.45) is 0 Å². The lowest BCUT2D eigenvalue weighted by Crippen LogP contribution is -2.54. The normalized spacial score (nSPS) is 20.4. The maximum absolute atomic E-state index is 12.6. The molecule has 6 nitrogen and oxygen atoms in total. The SMILES string of the molecule is Cc1ccc(C(=O)N(C)CC2(O)CCCN(c3ccccn3)C2)cn1. The van der Waals surface area contributed by atoms with Gasteiger partial charge in [-0.2, -0.15) is 0 Å². The number of carbonyl (C=O) groups excluding carboxylic acids is 1. The van der Waals surface area contributed by atoms with Crippen LogP contribution in [0.1, 0.15) is 28.9 Å². The third kappa shape index (κ3) is 4.14. The molecule has 1 aliphatic heterocycles. The largest absolute Gasteiger partial charge is 0.386 e. The fourth-order valence-electron chi connectivity index (χ4n) is 3.31. The average Bonchev–Trinajstić information content (AvgIpc) is 2.62. The number of pyridine rings is 2. The van der Waals surface area contributed by atoms with Gasteiger partial charge in [0.25, 0.3) is 5.91 Å². The smallest absolute Gasteiger partial charge is 0.255 e. The van der Waals surface area contributed by atoms with Gasteiger partial charge in [-0.05, 0) is 44.0 Å². The van der Waals surface area contributed by atoms with Gasteiger partial charge in [-0.15, -0.1) is 0 Å². The summed E-state index contributed by atoms with van der Waals surface area (Å²) in [4.78, 5) is 24.8. The third-order valence-electron chi connectivity index (χ3n) is 4.57. The van der Waals surface area contributed by atoms with E-state index in [1.54, 1.807) is 30.4 Å². The van der Waals surface area contributed by atoms with Crippen LogP contribution in [-0.2, 0) is 0 Å². The molecule has 1 atom stereocenters. The van der Waals surface area contributed by atoms with Crippen LogP contribution in [-0.4, -0.2) is 58.2 Å². The molecule has 0 aromatic carbocycles. The van der Waals surface area contributed by atoms with Crippen LogP contribution in [0.3, 0.4) is 0 Å². The first-order valence-corrected chi connectivity index (χ1v) is 8.53. The van der Waals surface area contributed by atoms with Crippen molar-refractivity contribution in [2.75, 3.05) is 31.6 Å². The van der Waals surface area contributed by atoms with Crippen LogP contribution in [0, 0.1) is 6.92 Å². The van der Waals surface area contributed by atoms with Gasteiger partial charge in [0.05, 0.1) is 17.7 Å². The summed E-state index contributed by atoms with van der Waals surface area (Å²) in [6, 6.07) is 9.35. The zero-order chi connectivity index (χ0) is 17.9. The maximum atomic E-state index is 12.6. The van der Waals surface area contributed by atoms with E-state index in [9.17, 15) is 9.90 Å². The maximum Gasteiger partial charge on any atom is 0.255 e. The molecule has 0 spiro atoms. The first-order chi connectivity index (χ1) is 12.0. The van der Waals surface area contributed by atoms with Crippen molar-refractivity contribution < 1.29 is 9.90 Å². The standard InChI is InChI=1S/C19H24N4O2/c1-15-7-8-16(12-21-15)18(24)22(2)13-19(25)9-5-11-23(14-19)17-6-3-4-10-20-17/h3-4,6-8,10,12,25H,5,9,11,13-14H2,1-2H3. The highest BCUT2D eigenvalue weighted by Crippen LogP contribution is 2.25. The number of rotatable bonds is 4. The van der Waals surface area contributed by atoms with Gasteiger partial charge < -0.3 is 14.9 Å². The van der Waals surface area contributed by atoms with E-state index in [4.69, 9.17) is 0 Å². The Kier molecular flexibility index (Phi) is 4.99. The van der Waals surface area contributed by atoms with Gasteiger partial charge in [-0.1, -0.05) is 6.07 Å². The quantitative estimate of drug-likeness (QED) is 0.920. The van der Waals surface area contributed by atoms with Crippen molar-refractivity contribution >= 4 is 11.7 Å². The monoisotopic (exact) mass is 340 g/mol. The molecule has 6 heteroatoms. The molecule has 0 saturated carbocycles. The second kappa shape index (κ2) is 7.19. The topological polar surface area (TPSA) is 69.6 Å². The molecule has 0 aliphatic carbocycles. The van der Waals surface area contributed by atoms with Crippen LogP contribution in [0.2, 0.25) is 0 Å². The molecule has 3 heterocycles. The average molecular weight is 340 g/mol. The van der Waals surface area contributed by atoms with Crippen LogP contribution in [0.4, 0.5) is 5.82 Å². The van der Waals surface area contributed by atoms with Crippen molar-refractivity contribution in [3.63, 3.8) is 0 Å². The van der Waals surface area contributed by atoms with Gasteiger partial charge in [0, 0.05) is 38.2 Å². The molecule has 25 heavy (non-hydrogen) atoms. The van der Waals surface area contributed by atoms with Crippen LogP contribution >= 0.6 is 0 Å². The Morgan fingerprint density at radius 1 is 1.32 bits per heavy atom. The van der Waals surface area contributed by atoms with Gasteiger partial charge in [-0.25, -0.2) is 4.98 Å². The highest BCUT2D eigenvalue weighted by molar-refractivity contribution is 5.93. The lowest BCUT2D eigenvalue weighted by molar-refractivity contribution is -0.000144. The Bertz CT molecular complexity index is 720. The zero-order valence-electron chi connectivity index (χ0n) is 14.7. The Labute approximate surface area is 148 Å². The first-order valence-electron chi connectivity index (χ1n) is 8.53. The van der Waals surface area contributed by atoms with Gasteiger partial charge in [-0.3, -0.25) is 9.78 Å². The number of likely N-dealkylation sites (N-methyl/N-ethyl adjacent to an activating group) is 1. The molecular weight excluding hydrogens is 316 g/mol. The minimum absolute atomic E-state index is 0.129. The number of hydrogen-bond donors (Lipinski definition) is 1. The second-order valence-electron chi connectivity index (χ2n) is 6.79. The molecule has 1 N–H and O–H groups in total. The fraction of sp³-hybridized carbons (Fsp3) is 0.421. The van der Waals surface area contributed by atoms with Gasteiger partial charge >= 0.3 is 0 Å². The predicted octanol–water partition coefficient (Wildman–Crippen LogP) is 1.89. The molecule has 0 bridgehead atoms. The number of aryl methyl sites for hydroxylation is 1. The van der Waals surface area contributed by atoms with Crippen molar-refractivity contribution in [3.05, 3.63) is 54.0 Å². The number of nitrogens with zero attached hydrogens (tertiary/aromatic N) is 4. The summed E-state index contributed by atoms with van der Waals surface area (Å²) in [5, 5.41) is 11.0. The predicted molar refractivity (Wildman–Crippen MR) is 96.6 cm³/mol. The van der Waals surface area contributed by atoms with E-state index in [1.807, 2.05) is 31.2 Å². The summed E-state index contributed by atoms with van der Waals surface area (Å²) >= 11 is 0. The molecule has 2 aromatic heterocycles. The Morgan fingerprint density at radius 3 is 2.84 bits per heavy atom. The Morgan fingerprint density at radius 2 is 2.16 bits per heavy atom. The summed E-state index contributed by atoms with van der Waals surface area (Å²) < 4.78 is 0. The minimum Gasteiger partial charge on any atom is -0.386 e. The third-order valence-corrected chi connectivity index (χ3v) is 4.57. The Balaban J connectivity index is 1.68. The number of aliphatic hydroxyl groups is 1.